The number of anilines is 2. The third-order valence-corrected chi connectivity index (χ3v) is 12.0. The molecule has 7 aromatic rings. The maximum absolute atomic E-state index is 12.6. The Balaban J connectivity index is 0.665. The number of amides is 4. The molecular weight excluding hydrogens is 953 g/mol. The molecule has 0 fully saturated rings. The van der Waals surface area contributed by atoms with Gasteiger partial charge in [-0.15, -0.1) is 0 Å². The monoisotopic (exact) mass is 1020 g/mol. The molecule has 0 aliphatic rings. The first kappa shape index (κ1) is 55.3. The molecule has 396 valence electrons. The van der Waals surface area contributed by atoms with Crippen molar-refractivity contribution in [2.75, 3.05) is 76.6 Å². The van der Waals surface area contributed by atoms with Crippen molar-refractivity contribution in [2.45, 2.75) is 73.5 Å². The highest BCUT2D eigenvalue weighted by Gasteiger charge is 2.13. The lowest BCUT2D eigenvalue weighted by Crippen LogP contribution is -2.32. The third kappa shape index (κ3) is 18.1. The van der Waals surface area contributed by atoms with Crippen LogP contribution in [-0.2, 0) is 45.0 Å². The minimum atomic E-state index is -0.402. The third-order valence-electron chi connectivity index (χ3n) is 12.0. The number of nitrogens with zero attached hydrogens (tertiary/aromatic N) is 2. The number of aryl methyl sites for hydroxylation is 7. The van der Waals surface area contributed by atoms with Gasteiger partial charge in [-0.1, -0.05) is 77.0 Å². The van der Waals surface area contributed by atoms with Crippen molar-refractivity contribution in [2.24, 2.45) is 0 Å². The molecule has 75 heavy (non-hydrogen) atoms. The van der Waals surface area contributed by atoms with Crippen LogP contribution in [0.15, 0.2) is 124 Å². The minimum Gasteiger partial charge on any atom is -0.493 e. The fraction of sp³-hybridized carbons (Fsp3) is 0.356. The number of urea groups is 2. The van der Waals surface area contributed by atoms with Crippen LogP contribution in [-0.4, -0.2) is 88.3 Å². The average Bonchev–Trinajstić information content (AvgIpc) is 4.07. The second-order valence-corrected chi connectivity index (χ2v) is 18.2. The van der Waals surface area contributed by atoms with Gasteiger partial charge in [0.25, 0.3) is 0 Å². The summed E-state index contributed by atoms with van der Waals surface area (Å²) in [5.41, 5.74) is 12.5. The first-order valence-corrected chi connectivity index (χ1v) is 25.6. The van der Waals surface area contributed by atoms with Crippen LogP contribution in [0.5, 0.6) is 11.5 Å². The molecular formula is C59H70N6O10. The molecule has 2 aromatic heterocycles. The second kappa shape index (κ2) is 29.4. The van der Waals surface area contributed by atoms with Crippen LogP contribution in [0.3, 0.4) is 0 Å². The fourth-order valence-corrected chi connectivity index (χ4v) is 8.32. The first-order chi connectivity index (χ1) is 36.6. The normalized spacial score (nSPS) is 11.1. The summed E-state index contributed by atoms with van der Waals surface area (Å²) in [5, 5.41) is 19.4. The van der Waals surface area contributed by atoms with Crippen molar-refractivity contribution < 1.29 is 47.1 Å². The van der Waals surface area contributed by atoms with Gasteiger partial charge in [0.15, 0.2) is 0 Å². The van der Waals surface area contributed by atoms with Gasteiger partial charge in [-0.2, -0.15) is 0 Å². The highest BCUT2D eigenvalue weighted by atomic mass is 16.5. The molecule has 4 N–H and O–H groups in total. The summed E-state index contributed by atoms with van der Waals surface area (Å²) in [6, 6.07) is 37.6. The molecule has 0 aliphatic carbocycles. The van der Waals surface area contributed by atoms with Crippen molar-refractivity contribution in [3.63, 3.8) is 0 Å². The predicted molar refractivity (Wildman–Crippen MR) is 290 cm³/mol. The number of rotatable bonds is 30. The van der Waals surface area contributed by atoms with E-state index in [9.17, 15) is 9.59 Å². The zero-order chi connectivity index (χ0) is 52.6. The molecule has 0 radical (unpaired) electrons. The number of carbonyl (C=O) groups is 2. The molecule has 0 unspecified atom stereocenters. The van der Waals surface area contributed by atoms with Crippen LogP contribution >= 0.6 is 0 Å². The largest absolute Gasteiger partial charge is 0.493 e. The highest BCUT2D eigenvalue weighted by Crippen LogP contribution is 2.32. The molecule has 0 atom stereocenters. The van der Waals surface area contributed by atoms with Gasteiger partial charge < -0.3 is 58.7 Å². The van der Waals surface area contributed by atoms with E-state index in [-0.39, 0.29) is 0 Å². The van der Waals surface area contributed by atoms with E-state index in [1.807, 2.05) is 61.5 Å². The van der Waals surface area contributed by atoms with Crippen LogP contribution in [0.1, 0.15) is 63.6 Å². The average molecular weight is 1020 g/mol. The van der Waals surface area contributed by atoms with E-state index in [2.05, 4.69) is 108 Å². The fourth-order valence-electron chi connectivity index (χ4n) is 8.32. The van der Waals surface area contributed by atoms with E-state index >= 15 is 0 Å². The number of hydrogen-bond donors (Lipinski definition) is 4. The summed E-state index contributed by atoms with van der Waals surface area (Å²) in [4.78, 5) is 25.2. The lowest BCUT2D eigenvalue weighted by molar-refractivity contribution is 0.0402. The summed E-state index contributed by atoms with van der Waals surface area (Å²) in [5.74, 6) is 3.41. The predicted octanol–water partition coefficient (Wildman–Crippen LogP) is 11.3. The van der Waals surface area contributed by atoms with Gasteiger partial charge in [0.05, 0.1) is 66.1 Å². The van der Waals surface area contributed by atoms with Crippen molar-refractivity contribution in [3.8, 4) is 33.8 Å². The quantitative estimate of drug-likeness (QED) is 0.0312. The number of nitrogens with one attached hydrogen (secondary N) is 4. The summed E-state index contributed by atoms with van der Waals surface area (Å²) in [6.45, 7) is 14.5. The number of benzene rings is 5. The molecule has 7 rings (SSSR count). The van der Waals surface area contributed by atoms with Gasteiger partial charge in [0.2, 0.25) is 0 Å². The number of ether oxygens (including phenoxy) is 6. The Kier molecular flexibility index (Phi) is 21.7. The maximum Gasteiger partial charge on any atom is 0.319 e. The number of aromatic nitrogens is 2. The smallest absolute Gasteiger partial charge is 0.319 e. The van der Waals surface area contributed by atoms with E-state index in [4.69, 9.17) is 37.5 Å². The Bertz CT molecular complexity index is 2820. The molecule has 4 amide bonds. The lowest BCUT2D eigenvalue weighted by Gasteiger charge is -2.14. The van der Waals surface area contributed by atoms with Gasteiger partial charge in [-0.05, 0) is 134 Å². The second-order valence-electron chi connectivity index (χ2n) is 18.2. The zero-order valence-electron chi connectivity index (χ0n) is 43.8. The Morgan fingerprint density at radius 2 is 0.893 bits per heavy atom. The van der Waals surface area contributed by atoms with E-state index in [1.54, 1.807) is 12.1 Å². The van der Waals surface area contributed by atoms with Crippen LogP contribution in [0.25, 0.3) is 22.3 Å². The highest BCUT2D eigenvalue weighted by molar-refractivity contribution is 5.93. The Hall–Kier alpha value is -7.50. The SMILES string of the molecule is Cc1ccc(NC(=O)NCCOCCOCc2cc(CCCOc3c(C)cc(-c4ccccc4)cc3C)on2)cc1NC(=O)NCCOCCOCc1cc(CCCOc2c(C)cc(-c3ccccc3)cc2C)on1. The minimum absolute atomic E-state index is 0.292. The van der Waals surface area contributed by atoms with E-state index < -0.39 is 12.1 Å². The number of carbonyl (C=O) groups excluding carboxylic acids is 2. The van der Waals surface area contributed by atoms with Crippen molar-refractivity contribution in [1.82, 2.24) is 20.9 Å². The van der Waals surface area contributed by atoms with Crippen LogP contribution in [0, 0.1) is 34.6 Å². The molecule has 0 saturated carbocycles. The maximum atomic E-state index is 12.6. The van der Waals surface area contributed by atoms with Gasteiger partial charge in [-0.3, -0.25) is 0 Å². The van der Waals surface area contributed by atoms with E-state index in [0.29, 0.717) is 115 Å². The zero-order valence-corrected chi connectivity index (χ0v) is 43.8. The summed E-state index contributed by atoms with van der Waals surface area (Å²) in [7, 11) is 0. The molecule has 0 aliphatic heterocycles. The van der Waals surface area contributed by atoms with Crippen molar-refractivity contribution in [3.05, 3.63) is 166 Å². The van der Waals surface area contributed by atoms with Crippen LogP contribution < -0.4 is 30.7 Å². The van der Waals surface area contributed by atoms with Gasteiger partial charge in [0.1, 0.15) is 34.4 Å². The van der Waals surface area contributed by atoms with E-state index in [1.165, 1.54) is 22.3 Å². The standard InChI is InChI=1S/C59H70N6O10/c1-41-20-21-50(62-58(66)60-22-26-68-28-30-70-39-51-36-53(74-64-51)18-12-24-72-56-42(2)32-48(33-43(56)3)46-14-8-6-9-15-46)38-55(41)63-59(67)61-23-27-69-29-31-71-40-52-37-54(75-65-52)19-13-25-73-57-44(4)34-49(35-45(57)5)47-16-10-7-11-17-47/h6-11,14-17,20-21,32-38H,12-13,18-19,22-31,39-40H2,1-5H3,(H2,60,62,66)(H2,61,63,67). The van der Waals surface area contributed by atoms with Crippen molar-refractivity contribution >= 4 is 23.4 Å². The van der Waals surface area contributed by atoms with Gasteiger partial charge in [0, 0.05) is 49.4 Å². The Labute approximate surface area is 439 Å². The molecule has 0 bridgehead atoms. The van der Waals surface area contributed by atoms with Crippen LogP contribution in [0.4, 0.5) is 21.0 Å². The van der Waals surface area contributed by atoms with Crippen LogP contribution in [0.2, 0.25) is 0 Å². The Morgan fingerprint density at radius 1 is 0.453 bits per heavy atom. The van der Waals surface area contributed by atoms with Crippen molar-refractivity contribution in [1.29, 1.82) is 0 Å². The Morgan fingerprint density at radius 3 is 1.36 bits per heavy atom. The first-order valence-electron chi connectivity index (χ1n) is 25.6. The topological polar surface area (TPSA) is 190 Å². The molecule has 0 saturated heterocycles. The molecule has 16 heteroatoms. The molecule has 2 heterocycles. The van der Waals surface area contributed by atoms with Gasteiger partial charge in [-0.25, -0.2) is 9.59 Å². The van der Waals surface area contributed by atoms with Gasteiger partial charge >= 0.3 is 12.1 Å². The molecule has 5 aromatic carbocycles. The number of hydrogen-bond acceptors (Lipinski definition) is 12. The molecule has 16 nitrogen and oxygen atoms in total. The lowest BCUT2D eigenvalue weighted by atomic mass is 10.00. The summed E-state index contributed by atoms with van der Waals surface area (Å²) < 4.78 is 46.0. The van der Waals surface area contributed by atoms with E-state index in [0.717, 1.165) is 63.7 Å². The molecule has 0 spiro atoms. The summed E-state index contributed by atoms with van der Waals surface area (Å²) >= 11 is 0. The summed E-state index contributed by atoms with van der Waals surface area (Å²) in [6.07, 6.45) is 2.97.